The van der Waals surface area contributed by atoms with E-state index in [0.29, 0.717) is 46.8 Å². The molecule has 8 N–H and O–H groups in total. The van der Waals surface area contributed by atoms with Gasteiger partial charge in [-0.1, -0.05) is 36.4 Å². The van der Waals surface area contributed by atoms with Crippen molar-refractivity contribution in [1.82, 2.24) is 49.7 Å². The summed E-state index contributed by atoms with van der Waals surface area (Å²) in [5, 5.41) is 11.2. The number of nitrogens with one attached hydrogen (secondary N) is 4. The number of anilines is 4. The third kappa shape index (κ3) is 9.75. The van der Waals surface area contributed by atoms with E-state index in [2.05, 4.69) is 51.2 Å². The minimum absolute atomic E-state index is 0.122. The molecule has 6 aromatic rings. The normalized spacial score (nSPS) is 11.2. The van der Waals surface area contributed by atoms with Crippen LogP contribution in [0.1, 0.15) is 36.8 Å². The standard InChI is InChI=1S/C36H38N14O4/c37-33-31-35(43-19-41-33)49(21-45-31)17-13-27(51)39-15-11-29(53)47-25-7-3-23(4-8-25)1-2-24-5-9-26(10-6-24)48-30(54)12-16-40-28(52)14-18-50-22-46-32-34(38)42-20-44-36(32)50/h1-10,19-22H,11-18H2,(H,39,51)(H,40,52)(H,47,53)(H,48,54)(H2,37,41,43)(H2,38,42,44)/b2-1+. The Morgan fingerprint density at radius 3 is 1.35 bits per heavy atom. The molecule has 4 aromatic heterocycles. The fourth-order valence-corrected chi connectivity index (χ4v) is 5.37. The van der Waals surface area contributed by atoms with Gasteiger partial charge in [0, 0.05) is 63.2 Å². The first-order chi connectivity index (χ1) is 26.2. The van der Waals surface area contributed by atoms with Gasteiger partial charge in [0.05, 0.1) is 12.7 Å². The first kappa shape index (κ1) is 36.5. The maximum Gasteiger partial charge on any atom is 0.226 e. The summed E-state index contributed by atoms with van der Waals surface area (Å²) in [5.41, 5.74) is 16.8. The number of hydrogen-bond acceptors (Lipinski definition) is 12. The number of rotatable bonds is 16. The van der Waals surface area contributed by atoms with Crippen molar-refractivity contribution < 1.29 is 19.2 Å². The van der Waals surface area contributed by atoms with Crippen molar-refractivity contribution in [3.63, 3.8) is 0 Å². The SMILES string of the molecule is Nc1ncnc2c1ncn2CCC(=O)NCCC(=O)Nc1ccc(/C=C/c2ccc(NC(=O)CCNC(=O)CCn3cnc4c(N)ncnc43)cc2)cc1. The molecule has 0 aliphatic carbocycles. The van der Waals surface area contributed by atoms with Crippen LogP contribution >= 0.6 is 0 Å². The van der Waals surface area contributed by atoms with Crippen LogP contribution in [0.3, 0.4) is 0 Å². The molecule has 54 heavy (non-hydrogen) atoms. The van der Waals surface area contributed by atoms with Gasteiger partial charge < -0.3 is 41.9 Å². The van der Waals surface area contributed by atoms with Gasteiger partial charge in [-0.2, -0.15) is 0 Å². The maximum absolute atomic E-state index is 12.4. The lowest BCUT2D eigenvalue weighted by Crippen LogP contribution is -2.28. The second kappa shape index (κ2) is 17.3. The molecule has 18 heteroatoms. The fraction of sp³-hybridized carbons (Fsp3) is 0.222. The van der Waals surface area contributed by atoms with Crippen molar-refractivity contribution in [2.75, 3.05) is 35.2 Å². The summed E-state index contributed by atoms with van der Waals surface area (Å²) in [6.45, 7) is 1.13. The van der Waals surface area contributed by atoms with Gasteiger partial charge in [-0.3, -0.25) is 19.2 Å². The Kier molecular flexibility index (Phi) is 11.7. The average molecular weight is 731 g/mol. The summed E-state index contributed by atoms with van der Waals surface area (Å²) in [6.07, 6.45) is 10.3. The number of hydrogen-bond donors (Lipinski definition) is 6. The molecule has 6 rings (SSSR count). The van der Waals surface area contributed by atoms with Gasteiger partial charge >= 0.3 is 0 Å². The molecule has 0 saturated carbocycles. The van der Waals surface area contributed by atoms with E-state index in [0.717, 1.165) is 11.1 Å². The van der Waals surface area contributed by atoms with E-state index in [9.17, 15) is 19.2 Å². The lowest BCUT2D eigenvalue weighted by Gasteiger charge is -2.08. The number of aromatic nitrogens is 8. The van der Waals surface area contributed by atoms with E-state index in [1.54, 1.807) is 46.1 Å². The Hall–Kier alpha value is -7.24. The van der Waals surface area contributed by atoms with Crippen molar-refractivity contribution in [2.45, 2.75) is 38.8 Å². The first-order valence-electron chi connectivity index (χ1n) is 17.1. The molecule has 4 amide bonds. The number of fused-ring (bicyclic) bond motifs is 2. The van der Waals surface area contributed by atoms with Crippen LogP contribution in [0.4, 0.5) is 23.0 Å². The molecule has 276 valence electrons. The number of imidazole rings is 2. The zero-order valence-corrected chi connectivity index (χ0v) is 29.1. The minimum atomic E-state index is -0.221. The predicted molar refractivity (Wildman–Crippen MR) is 203 cm³/mol. The third-order valence-corrected chi connectivity index (χ3v) is 8.22. The van der Waals surface area contributed by atoms with Gasteiger partial charge in [0.25, 0.3) is 0 Å². The highest BCUT2D eigenvalue weighted by atomic mass is 16.2. The van der Waals surface area contributed by atoms with Crippen LogP contribution in [0.2, 0.25) is 0 Å². The summed E-state index contributed by atoms with van der Waals surface area (Å²) < 4.78 is 3.46. The second-order valence-electron chi connectivity index (χ2n) is 12.1. The van der Waals surface area contributed by atoms with Crippen LogP contribution in [0.25, 0.3) is 34.5 Å². The highest BCUT2D eigenvalue weighted by Gasteiger charge is 2.12. The summed E-state index contributed by atoms with van der Waals surface area (Å²) in [6, 6.07) is 14.7. The van der Waals surface area contributed by atoms with Gasteiger partial charge in [-0.05, 0) is 35.4 Å². The number of nitrogen functional groups attached to an aromatic ring is 2. The molecule has 0 atom stereocenters. The Labute approximate surface area is 308 Å². The Morgan fingerprint density at radius 2 is 0.944 bits per heavy atom. The van der Waals surface area contributed by atoms with E-state index in [1.807, 2.05) is 36.4 Å². The smallest absolute Gasteiger partial charge is 0.226 e. The molecule has 0 fully saturated rings. The van der Waals surface area contributed by atoms with Gasteiger partial charge in [0.1, 0.15) is 23.7 Å². The Bertz CT molecular complexity index is 2140. The zero-order valence-electron chi connectivity index (χ0n) is 29.1. The number of aryl methyl sites for hydroxylation is 2. The van der Waals surface area contributed by atoms with Gasteiger partial charge in [0.2, 0.25) is 23.6 Å². The quantitative estimate of drug-likeness (QED) is 0.0785. The molecular weight excluding hydrogens is 692 g/mol. The van der Waals surface area contributed by atoms with E-state index >= 15 is 0 Å². The highest BCUT2D eigenvalue weighted by Crippen LogP contribution is 2.17. The van der Waals surface area contributed by atoms with Gasteiger partial charge in [-0.15, -0.1) is 0 Å². The van der Waals surface area contributed by atoms with Crippen LogP contribution in [0.15, 0.2) is 73.8 Å². The number of benzene rings is 2. The highest BCUT2D eigenvalue weighted by molar-refractivity contribution is 5.92. The van der Waals surface area contributed by atoms with Gasteiger partial charge in [0.15, 0.2) is 22.9 Å². The topological polar surface area (TPSA) is 256 Å². The van der Waals surface area contributed by atoms with Crippen molar-refractivity contribution in [3.8, 4) is 0 Å². The van der Waals surface area contributed by atoms with E-state index in [4.69, 9.17) is 11.5 Å². The molecular formula is C36H38N14O4. The maximum atomic E-state index is 12.4. The molecule has 0 unspecified atom stereocenters. The van der Waals surface area contributed by atoms with Crippen LogP contribution in [0.5, 0.6) is 0 Å². The average Bonchev–Trinajstić information content (AvgIpc) is 3.79. The number of nitrogens with zero attached hydrogens (tertiary/aromatic N) is 8. The Balaban J connectivity index is 0.849. The van der Waals surface area contributed by atoms with Gasteiger partial charge in [-0.25, -0.2) is 29.9 Å². The molecule has 2 aromatic carbocycles. The zero-order chi connectivity index (χ0) is 37.9. The number of nitrogens with two attached hydrogens (primary N) is 2. The van der Waals surface area contributed by atoms with E-state index in [1.165, 1.54) is 12.7 Å². The molecule has 0 aliphatic heterocycles. The van der Waals surface area contributed by atoms with Crippen LogP contribution < -0.4 is 32.7 Å². The van der Waals surface area contributed by atoms with Crippen LogP contribution in [-0.2, 0) is 32.3 Å². The van der Waals surface area contributed by atoms with Crippen LogP contribution in [0, 0.1) is 0 Å². The lowest BCUT2D eigenvalue weighted by atomic mass is 10.1. The first-order valence-corrected chi connectivity index (χ1v) is 17.1. The molecule has 0 aliphatic rings. The molecule has 0 radical (unpaired) electrons. The summed E-state index contributed by atoms with van der Waals surface area (Å²) in [5.74, 6) is -0.274. The molecule has 4 heterocycles. The van der Waals surface area contributed by atoms with Crippen molar-refractivity contribution in [1.29, 1.82) is 0 Å². The summed E-state index contributed by atoms with van der Waals surface area (Å²) >= 11 is 0. The number of amides is 4. The third-order valence-electron chi connectivity index (χ3n) is 8.22. The molecule has 0 spiro atoms. The molecule has 0 saturated heterocycles. The van der Waals surface area contributed by atoms with E-state index < -0.39 is 0 Å². The largest absolute Gasteiger partial charge is 0.382 e. The second-order valence-corrected chi connectivity index (χ2v) is 12.1. The fourth-order valence-electron chi connectivity index (χ4n) is 5.37. The Morgan fingerprint density at radius 1 is 0.537 bits per heavy atom. The van der Waals surface area contributed by atoms with E-state index in [-0.39, 0.29) is 74.0 Å². The van der Waals surface area contributed by atoms with Crippen molar-refractivity contribution in [2.24, 2.45) is 0 Å². The van der Waals surface area contributed by atoms with Crippen molar-refractivity contribution >= 4 is 81.1 Å². The van der Waals surface area contributed by atoms with Crippen LogP contribution in [-0.4, -0.2) is 75.8 Å². The molecule has 0 bridgehead atoms. The number of carbonyl (C=O) groups is 4. The lowest BCUT2D eigenvalue weighted by molar-refractivity contribution is -0.122. The summed E-state index contributed by atoms with van der Waals surface area (Å²) in [4.78, 5) is 73.9. The summed E-state index contributed by atoms with van der Waals surface area (Å²) in [7, 11) is 0. The monoisotopic (exact) mass is 730 g/mol. The van der Waals surface area contributed by atoms with Crippen molar-refractivity contribution in [3.05, 3.63) is 85.0 Å². The predicted octanol–water partition coefficient (Wildman–Crippen LogP) is 2.37. The molecule has 18 nitrogen and oxygen atoms in total. The minimum Gasteiger partial charge on any atom is -0.382 e. The number of carbonyl (C=O) groups excluding carboxylic acids is 4.